The lowest BCUT2D eigenvalue weighted by molar-refractivity contribution is 0.0695. The quantitative estimate of drug-likeness (QED) is 0.111. The molecule has 8 nitrogen and oxygen atoms in total. The van der Waals surface area contributed by atoms with E-state index in [-0.39, 0.29) is 10.8 Å². The normalized spacial score (nSPS) is 15.2. The summed E-state index contributed by atoms with van der Waals surface area (Å²) in [6.07, 6.45) is 6.97. The molecule has 64 heavy (non-hydrogen) atoms. The SMILES string of the molecule is C=CCOc1c2cccc1Cc1cccc3c1OCCOCCOc1cc(C(C)(C)CC(C)(C)C)ccc1OCCOCCOc1c(cccc1Cc1cccc(c1OCC=C)C3)C2. The molecule has 8 heteroatoms. The predicted molar refractivity (Wildman–Crippen MR) is 256 cm³/mol. The largest absolute Gasteiger partial charge is 0.491 e. The summed E-state index contributed by atoms with van der Waals surface area (Å²) < 4.78 is 51.6. The zero-order valence-corrected chi connectivity index (χ0v) is 38.6. The maximum Gasteiger partial charge on any atom is 0.161 e. The fourth-order valence-electron chi connectivity index (χ4n) is 9.13. The molecule has 3 aliphatic rings. The van der Waals surface area contributed by atoms with E-state index in [4.69, 9.17) is 37.9 Å². The van der Waals surface area contributed by atoms with Crippen molar-refractivity contribution < 1.29 is 37.9 Å². The van der Waals surface area contributed by atoms with Gasteiger partial charge < -0.3 is 37.9 Å². The van der Waals surface area contributed by atoms with E-state index in [0.29, 0.717) is 103 Å². The Kier molecular flexibility index (Phi) is 15.8. The van der Waals surface area contributed by atoms with Crippen molar-refractivity contribution >= 4 is 0 Å². The Balaban J connectivity index is 1.28. The van der Waals surface area contributed by atoms with Crippen LogP contribution in [0.2, 0.25) is 0 Å². The van der Waals surface area contributed by atoms with Crippen LogP contribution in [-0.4, -0.2) is 66.1 Å². The van der Waals surface area contributed by atoms with Gasteiger partial charge in [0.25, 0.3) is 0 Å². The van der Waals surface area contributed by atoms with E-state index in [1.54, 1.807) is 12.2 Å². The molecule has 0 atom stereocenters. The van der Waals surface area contributed by atoms with Crippen molar-refractivity contribution in [3.63, 3.8) is 0 Å². The summed E-state index contributed by atoms with van der Waals surface area (Å²) in [6, 6.07) is 31.9. The van der Waals surface area contributed by atoms with E-state index < -0.39 is 0 Å². The highest BCUT2D eigenvalue weighted by Gasteiger charge is 2.29. The molecule has 10 bridgehead atoms. The van der Waals surface area contributed by atoms with Gasteiger partial charge >= 0.3 is 0 Å². The van der Waals surface area contributed by atoms with Gasteiger partial charge in [-0.15, -0.1) is 0 Å². The van der Waals surface area contributed by atoms with Crippen LogP contribution in [0.4, 0.5) is 0 Å². The first-order valence-electron chi connectivity index (χ1n) is 22.7. The van der Waals surface area contributed by atoms with Gasteiger partial charge in [-0.2, -0.15) is 0 Å². The Morgan fingerprint density at radius 1 is 0.469 bits per heavy atom. The highest BCUT2D eigenvalue weighted by atomic mass is 16.6. The van der Waals surface area contributed by atoms with E-state index >= 15 is 0 Å². The van der Waals surface area contributed by atoms with Crippen LogP contribution >= 0.6 is 0 Å². The zero-order chi connectivity index (χ0) is 44.9. The molecule has 8 rings (SSSR count). The van der Waals surface area contributed by atoms with Crippen LogP contribution in [-0.2, 0) is 40.6 Å². The van der Waals surface area contributed by atoms with Gasteiger partial charge in [0, 0.05) is 25.7 Å². The van der Waals surface area contributed by atoms with Crippen molar-refractivity contribution in [2.24, 2.45) is 5.41 Å². The maximum absolute atomic E-state index is 6.78. The van der Waals surface area contributed by atoms with Crippen LogP contribution in [0.25, 0.3) is 0 Å². The van der Waals surface area contributed by atoms with Gasteiger partial charge in [-0.05, 0) is 79.5 Å². The monoisotopic (exact) mass is 866 g/mol. The van der Waals surface area contributed by atoms with Crippen LogP contribution < -0.4 is 28.4 Å². The molecular formula is C56H66O8. The molecule has 0 spiro atoms. The Labute approximate surface area is 381 Å². The van der Waals surface area contributed by atoms with Crippen LogP contribution in [0.5, 0.6) is 34.5 Å². The number of fused-ring (bicyclic) bond motifs is 12. The minimum absolute atomic E-state index is 0.0658. The van der Waals surface area contributed by atoms with Crippen molar-refractivity contribution in [2.45, 2.75) is 72.1 Å². The standard InChI is InChI=1S/C56H66O8/c1-8-24-61-51-40-14-10-16-42(51)36-46-20-13-21-47-37-43-17-11-15-41(52(43)62-25-9-2)35-45-19-12-18-44(34-40)53(45)63-32-28-57-26-30-59-49-23-22-48(56(6,7)39-55(3,4)5)38-50(49)60-31-27-58-29-33-64-54(46)47/h8-23,38H,1-2,24-37,39H2,3-7H3. The predicted octanol–water partition coefficient (Wildman–Crippen LogP) is 11.5. The lowest BCUT2D eigenvalue weighted by Gasteiger charge is -2.33. The van der Waals surface area contributed by atoms with Crippen molar-refractivity contribution in [2.75, 3.05) is 66.1 Å². The minimum Gasteiger partial charge on any atom is -0.491 e. The third kappa shape index (κ3) is 12.1. The van der Waals surface area contributed by atoms with Crippen LogP contribution in [0, 0.1) is 5.41 Å². The molecule has 0 unspecified atom stereocenters. The number of hydrogen-bond donors (Lipinski definition) is 0. The van der Waals surface area contributed by atoms with E-state index in [0.717, 1.165) is 73.9 Å². The third-order valence-electron chi connectivity index (χ3n) is 11.5. The second-order valence-electron chi connectivity index (χ2n) is 18.4. The van der Waals surface area contributed by atoms with Gasteiger partial charge in [-0.3, -0.25) is 0 Å². The van der Waals surface area contributed by atoms with Gasteiger partial charge in [-0.25, -0.2) is 0 Å². The summed E-state index contributed by atoms with van der Waals surface area (Å²) in [5, 5.41) is 0. The smallest absolute Gasteiger partial charge is 0.161 e. The van der Waals surface area contributed by atoms with E-state index in [2.05, 4.69) is 133 Å². The van der Waals surface area contributed by atoms with Crippen LogP contribution in [0.3, 0.4) is 0 Å². The second-order valence-corrected chi connectivity index (χ2v) is 18.4. The summed E-state index contributed by atoms with van der Waals surface area (Å²) in [5.41, 5.74) is 9.74. The maximum atomic E-state index is 6.78. The van der Waals surface area contributed by atoms with E-state index in [9.17, 15) is 0 Å². The van der Waals surface area contributed by atoms with Gasteiger partial charge in [0.15, 0.2) is 11.5 Å². The highest BCUT2D eigenvalue weighted by molar-refractivity contribution is 5.56. The molecule has 0 fully saturated rings. The Hall–Kier alpha value is -5.70. The topological polar surface area (TPSA) is 73.8 Å². The van der Waals surface area contributed by atoms with E-state index in [1.807, 2.05) is 6.07 Å². The molecule has 0 aromatic heterocycles. The minimum atomic E-state index is -0.0658. The number of benzene rings is 5. The first-order chi connectivity index (χ1) is 31.0. The van der Waals surface area contributed by atoms with Gasteiger partial charge in [0.1, 0.15) is 62.6 Å². The van der Waals surface area contributed by atoms with Crippen LogP contribution in [0.15, 0.2) is 116 Å². The van der Waals surface area contributed by atoms with Gasteiger partial charge in [0.05, 0.1) is 26.4 Å². The first kappa shape index (κ1) is 46.3. The summed E-state index contributed by atoms with van der Waals surface area (Å²) in [7, 11) is 0. The molecular weight excluding hydrogens is 801 g/mol. The Morgan fingerprint density at radius 3 is 1.23 bits per heavy atom. The van der Waals surface area contributed by atoms with E-state index in [1.165, 1.54) is 5.56 Å². The molecule has 0 N–H and O–H groups in total. The fourth-order valence-corrected chi connectivity index (χ4v) is 9.13. The zero-order valence-electron chi connectivity index (χ0n) is 38.6. The van der Waals surface area contributed by atoms with Crippen molar-refractivity contribution in [3.05, 3.63) is 166 Å². The molecule has 338 valence electrons. The lowest BCUT2D eigenvalue weighted by Crippen LogP contribution is -2.25. The molecule has 2 aliphatic heterocycles. The third-order valence-corrected chi connectivity index (χ3v) is 11.5. The highest BCUT2D eigenvalue weighted by Crippen LogP contribution is 2.41. The fraction of sp³-hybridized carbons (Fsp3) is 0.393. The van der Waals surface area contributed by atoms with Gasteiger partial charge in [0.2, 0.25) is 0 Å². The van der Waals surface area contributed by atoms with Gasteiger partial charge in [-0.1, -0.05) is 139 Å². The second kappa shape index (κ2) is 21.8. The molecule has 0 saturated heterocycles. The number of para-hydroxylation sites is 4. The molecule has 0 amide bonds. The molecule has 5 aromatic rings. The van der Waals surface area contributed by atoms with Crippen LogP contribution in [0.1, 0.15) is 91.1 Å². The first-order valence-corrected chi connectivity index (χ1v) is 22.7. The van der Waals surface area contributed by atoms with Crippen molar-refractivity contribution in [3.8, 4) is 34.5 Å². The summed E-state index contributed by atoms with van der Waals surface area (Å²) in [4.78, 5) is 0. The average Bonchev–Trinajstić information content (AvgIpc) is 3.25. The number of rotatable bonds is 8. The lowest BCUT2D eigenvalue weighted by atomic mass is 9.72. The number of ether oxygens (including phenoxy) is 8. The summed E-state index contributed by atoms with van der Waals surface area (Å²) in [6.45, 7) is 23.0. The average molecular weight is 867 g/mol. The Bertz CT molecular complexity index is 2250. The van der Waals surface area contributed by atoms with Crippen molar-refractivity contribution in [1.82, 2.24) is 0 Å². The molecule has 0 radical (unpaired) electrons. The number of hydrogen-bond acceptors (Lipinski definition) is 8. The molecule has 0 saturated carbocycles. The molecule has 1 aliphatic carbocycles. The van der Waals surface area contributed by atoms with Crippen molar-refractivity contribution in [1.29, 1.82) is 0 Å². The molecule has 5 aromatic carbocycles. The summed E-state index contributed by atoms with van der Waals surface area (Å²) in [5.74, 6) is 4.73. The summed E-state index contributed by atoms with van der Waals surface area (Å²) >= 11 is 0. The Morgan fingerprint density at radius 2 is 0.844 bits per heavy atom. The molecule has 2 heterocycles.